The minimum atomic E-state index is -1.10. The molecule has 0 spiro atoms. The first-order valence-electron chi connectivity index (χ1n) is 14.2. The van der Waals surface area contributed by atoms with Crippen molar-refractivity contribution in [3.8, 4) is 23.0 Å². The van der Waals surface area contributed by atoms with Crippen molar-refractivity contribution in [3.05, 3.63) is 102 Å². The fourth-order valence-electron chi connectivity index (χ4n) is 5.15. The zero-order valence-electron chi connectivity index (χ0n) is 25.8. The van der Waals surface area contributed by atoms with Crippen LogP contribution < -0.4 is 24.3 Å². The van der Waals surface area contributed by atoms with Gasteiger partial charge in [0, 0.05) is 12.6 Å². The number of para-hydroxylation sites is 1. The number of carbonyl (C=O) groups is 2. The van der Waals surface area contributed by atoms with Crippen molar-refractivity contribution in [3.63, 3.8) is 0 Å². The van der Waals surface area contributed by atoms with E-state index in [1.165, 1.54) is 21.3 Å². The minimum absolute atomic E-state index is 0.143. The summed E-state index contributed by atoms with van der Waals surface area (Å²) in [6.45, 7) is 1.97. The van der Waals surface area contributed by atoms with E-state index >= 15 is 0 Å². The van der Waals surface area contributed by atoms with Crippen LogP contribution >= 0.6 is 0 Å². The number of carbonyl (C=O) groups excluding carboxylic acids is 2. The molecular formula is C34H35N5O6. The maximum Gasteiger partial charge on any atom is 0.251 e. The largest absolute Gasteiger partial charge is 0.497 e. The first-order chi connectivity index (χ1) is 21.9. The van der Waals surface area contributed by atoms with E-state index in [9.17, 15) is 9.59 Å². The van der Waals surface area contributed by atoms with Crippen molar-refractivity contribution < 1.29 is 28.5 Å². The van der Waals surface area contributed by atoms with Crippen LogP contribution in [0, 0.1) is 6.92 Å². The molecule has 0 saturated heterocycles. The molecule has 11 heteroatoms. The molecule has 0 radical (unpaired) electrons. The molecule has 1 N–H and O–H groups in total. The van der Waals surface area contributed by atoms with Crippen molar-refractivity contribution >= 4 is 28.5 Å². The number of nitrogens with one attached hydrogen (secondary N) is 1. The summed E-state index contributed by atoms with van der Waals surface area (Å²) in [5.41, 5.74) is 4.16. The highest BCUT2D eigenvalue weighted by Crippen LogP contribution is 2.35. The zero-order chi connectivity index (χ0) is 31.9. The molecule has 1 aromatic heterocycles. The van der Waals surface area contributed by atoms with E-state index in [0.29, 0.717) is 45.3 Å². The summed E-state index contributed by atoms with van der Waals surface area (Å²) in [7, 11) is 6.11. The van der Waals surface area contributed by atoms with Crippen molar-refractivity contribution in [2.75, 3.05) is 33.8 Å². The molecule has 1 atom stereocenters. The molecule has 5 rings (SSSR count). The summed E-state index contributed by atoms with van der Waals surface area (Å²) in [6.07, 6.45) is 0. The van der Waals surface area contributed by atoms with Crippen molar-refractivity contribution in [1.82, 2.24) is 19.9 Å². The number of aromatic nitrogens is 3. The van der Waals surface area contributed by atoms with Crippen molar-refractivity contribution in [2.45, 2.75) is 26.1 Å². The summed E-state index contributed by atoms with van der Waals surface area (Å²) < 4.78 is 23.4. The third-order valence-corrected chi connectivity index (χ3v) is 7.58. The van der Waals surface area contributed by atoms with E-state index in [-0.39, 0.29) is 19.0 Å². The summed E-state index contributed by atoms with van der Waals surface area (Å²) in [5, 5.41) is 11.4. The van der Waals surface area contributed by atoms with Crippen LogP contribution in [0.1, 0.15) is 22.7 Å². The highest BCUT2D eigenvalue weighted by Gasteiger charge is 2.34. The fourth-order valence-corrected chi connectivity index (χ4v) is 5.15. The predicted molar refractivity (Wildman–Crippen MR) is 170 cm³/mol. The number of aryl methyl sites for hydroxylation is 1. The fraction of sp³-hybridized carbons (Fsp3) is 0.235. The number of fused-ring (bicyclic) bond motifs is 1. The zero-order valence-corrected chi connectivity index (χ0v) is 25.8. The number of hydrogen-bond acceptors (Lipinski definition) is 8. The molecule has 4 aromatic carbocycles. The first kappa shape index (κ1) is 30.9. The molecule has 1 heterocycles. The Morgan fingerprint density at radius 3 is 2.29 bits per heavy atom. The Kier molecular flexibility index (Phi) is 9.47. The average Bonchev–Trinajstić information content (AvgIpc) is 3.47. The highest BCUT2D eigenvalue weighted by molar-refractivity contribution is 5.99. The molecular weight excluding hydrogens is 574 g/mol. The normalized spacial score (nSPS) is 11.5. The minimum Gasteiger partial charge on any atom is -0.497 e. The average molecular weight is 610 g/mol. The second kappa shape index (κ2) is 13.8. The molecule has 0 bridgehead atoms. The molecule has 11 nitrogen and oxygen atoms in total. The maximum atomic E-state index is 14.4. The first-order valence-corrected chi connectivity index (χ1v) is 14.2. The van der Waals surface area contributed by atoms with Crippen molar-refractivity contribution in [1.29, 1.82) is 0 Å². The Bertz CT molecular complexity index is 1820. The number of ether oxygens (including phenoxy) is 4. The molecule has 45 heavy (non-hydrogen) atoms. The lowest BCUT2D eigenvalue weighted by atomic mass is 10.0. The number of rotatable bonds is 12. The predicted octanol–water partition coefficient (Wildman–Crippen LogP) is 5.18. The van der Waals surface area contributed by atoms with Gasteiger partial charge in [0.15, 0.2) is 11.5 Å². The summed E-state index contributed by atoms with van der Waals surface area (Å²) in [4.78, 5) is 30.4. The molecule has 5 aromatic rings. The summed E-state index contributed by atoms with van der Waals surface area (Å²) in [6, 6.07) is 24.3. The lowest BCUT2D eigenvalue weighted by Crippen LogP contribution is -2.42. The van der Waals surface area contributed by atoms with E-state index in [0.717, 1.165) is 11.1 Å². The van der Waals surface area contributed by atoms with E-state index in [1.807, 2.05) is 55.5 Å². The topological polar surface area (TPSA) is 117 Å². The number of anilines is 1. The number of nitrogens with zero attached hydrogens (tertiary/aromatic N) is 4. The van der Waals surface area contributed by atoms with Crippen LogP contribution in [0.2, 0.25) is 0 Å². The second-order valence-electron chi connectivity index (χ2n) is 10.3. The third kappa shape index (κ3) is 6.67. The number of methoxy groups -OCH3 is 4. The van der Waals surface area contributed by atoms with Gasteiger partial charge in [0.2, 0.25) is 5.91 Å². The molecule has 0 aliphatic rings. The molecule has 1 unspecified atom stereocenters. The summed E-state index contributed by atoms with van der Waals surface area (Å²) in [5.74, 6) is 1.07. The molecule has 232 valence electrons. The van der Waals surface area contributed by atoms with Gasteiger partial charge in [-0.25, -0.2) is 4.68 Å². The molecule has 0 saturated carbocycles. The lowest BCUT2D eigenvalue weighted by molar-refractivity contribution is -0.140. The van der Waals surface area contributed by atoms with Crippen LogP contribution in [0.4, 0.5) is 5.69 Å². The molecule has 2 amide bonds. The van der Waals surface area contributed by atoms with Gasteiger partial charge in [0.1, 0.15) is 29.6 Å². The van der Waals surface area contributed by atoms with E-state index < -0.39 is 11.9 Å². The highest BCUT2D eigenvalue weighted by atomic mass is 16.5. The maximum absolute atomic E-state index is 14.4. The van der Waals surface area contributed by atoms with Gasteiger partial charge in [-0.05, 0) is 60.0 Å². The Morgan fingerprint density at radius 2 is 1.56 bits per heavy atom. The second-order valence-corrected chi connectivity index (χ2v) is 10.3. The lowest BCUT2D eigenvalue weighted by Gasteiger charge is -2.32. The Balaban J connectivity index is 1.62. The van der Waals surface area contributed by atoms with Crippen LogP contribution in [-0.2, 0) is 22.7 Å². The van der Waals surface area contributed by atoms with Crippen molar-refractivity contribution in [2.24, 2.45) is 0 Å². The van der Waals surface area contributed by atoms with E-state index in [1.54, 1.807) is 53.1 Å². The van der Waals surface area contributed by atoms with Gasteiger partial charge in [0.05, 0.1) is 39.6 Å². The van der Waals surface area contributed by atoms with Gasteiger partial charge < -0.3 is 29.2 Å². The molecule has 0 aliphatic carbocycles. The molecule has 0 aliphatic heterocycles. The summed E-state index contributed by atoms with van der Waals surface area (Å²) >= 11 is 0. The Morgan fingerprint density at radius 1 is 0.822 bits per heavy atom. The Labute approximate surface area is 261 Å². The quantitative estimate of drug-likeness (QED) is 0.206. The van der Waals surface area contributed by atoms with Crippen LogP contribution in [0.15, 0.2) is 84.9 Å². The van der Waals surface area contributed by atoms with Gasteiger partial charge >= 0.3 is 0 Å². The van der Waals surface area contributed by atoms with E-state index in [2.05, 4.69) is 15.6 Å². The van der Waals surface area contributed by atoms with Gasteiger partial charge in [-0.3, -0.25) is 9.59 Å². The number of benzene rings is 4. The monoisotopic (exact) mass is 609 g/mol. The van der Waals surface area contributed by atoms with Crippen LogP contribution in [-0.4, -0.2) is 60.1 Å². The van der Waals surface area contributed by atoms with Crippen LogP contribution in [0.3, 0.4) is 0 Å². The van der Waals surface area contributed by atoms with E-state index in [4.69, 9.17) is 18.9 Å². The number of amides is 2. The van der Waals surface area contributed by atoms with Gasteiger partial charge in [-0.2, -0.15) is 0 Å². The molecule has 0 fully saturated rings. The van der Waals surface area contributed by atoms with Crippen LogP contribution in [0.5, 0.6) is 23.0 Å². The Hall–Kier alpha value is -5.58. The van der Waals surface area contributed by atoms with Crippen LogP contribution in [0.25, 0.3) is 11.0 Å². The smallest absolute Gasteiger partial charge is 0.251 e. The van der Waals surface area contributed by atoms with Gasteiger partial charge in [-0.15, -0.1) is 5.10 Å². The van der Waals surface area contributed by atoms with Gasteiger partial charge in [-0.1, -0.05) is 47.7 Å². The SMILES string of the molecule is COc1ccc(NC(=O)C(c2ccc(OC)c(OC)c2)N(Cc2ccccc2C)C(=O)Cn2nnc3ccccc32)c(OC)c1. The van der Waals surface area contributed by atoms with Gasteiger partial charge in [0.25, 0.3) is 5.91 Å². The third-order valence-electron chi connectivity index (χ3n) is 7.58. The number of hydrogen-bond donors (Lipinski definition) is 1. The standard InChI is InChI=1S/C34H35N5O6/c1-22-10-6-7-11-24(22)20-38(32(40)21-39-28-13-9-8-12-26(28)36-37-39)33(23-14-17-29(43-3)31(18-23)45-5)34(41)35-27-16-15-25(42-2)19-30(27)44-4/h6-19,33H,20-21H2,1-5H3,(H,35,41).